The van der Waals surface area contributed by atoms with E-state index < -0.39 is 0 Å². The van der Waals surface area contributed by atoms with Gasteiger partial charge >= 0.3 is 0 Å². The number of amidine groups is 1. The van der Waals surface area contributed by atoms with E-state index in [4.69, 9.17) is 4.74 Å². The Morgan fingerprint density at radius 1 is 1.30 bits per heavy atom. The number of nitrogens with zero attached hydrogens (tertiary/aromatic N) is 2. The molecule has 0 unspecified atom stereocenters. The lowest BCUT2D eigenvalue weighted by Crippen LogP contribution is -2.23. The molecular weight excluding hydrogens is 272 g/mol. The fourth-order valence-electron chi connectivity index (χ4n) is 1.82. The van der Waals surface area contributed by atoms with Crippen molar-refractivity contribution in [2.24, 2.45) is 4.99 Å². The van der Waals surface area contributed by atoms with Crippen LogP contribution in [0, 0.1) is 0 Å². The number of hydrogen-bond acceptors (Lipinski definition) is 4. The average Bonchev–Trinajstić information content (AvgIpc) is 2.68. The van der Waals surface area contributed by atoms with Gasteiger partial charge in [0, 0.05) is 14.1 Å². The molecule has 0 spiro atoms. The van der Waals surface area contributed by atoms with E-state index in [0.29, 0.717) is 4.91 Å². The maximum atomic E-state index is 12.0. The number of rotatable bonds is 3. The van der Waals surface area contributed by atoms with Gasteiger partial charge in [0.25, 0.3) is 5.91 Å². The highest BCUT2D eigenvalue weighted by Crippen LogP contribution is 2.31. The summed E-state index contributed by atoms with van der Waals surface area (Å²) in [6.45, 7) is 3.98. The van der Waals surface area contributed by atoms with E-state index in [2.05, 4.69) is 4.99 Å². The molecule has 1 heterocycles. The molecule has 1 amide bonds. The third kappa shape index (κ3) is 3.22. The highest BCUT2D eigenvalue weighted by Gasteiger charge is 2.29. The van der Waals surface area contributed by atoms with Gasteiger partial charge in [-0.05, 0) is 49.4 Å². The van der Waals surface area contributed by atoms with E-state index in [1.807, 2.05) is 44.2 Å². The third-order valence-corrected chi connectivity index (χ3v) is 3.90. The molecule has 1 aromatic rings. The summed E-state index contributed by atoms with van der Waals surface area (Å²) in [5.41, 5.74) is 0.975. The van der Waals surface area contributed by atoms with Crippen molar-refractivity contribution in [3.05, 3.63) is 34.7 Å². The molecule has 5 heteroatoms. The minimum absolute atomic E-state index is 0.0156. The molecule has 1 aliphatic rings. The van der Waals surface area contributed by atoms with Gasteiger partial charge in [0.15, 0.2) is 5.17 Å². The zero-order chi connectivity index (χ0) is 14.7. The zero-order valence-corrected chi connectivity index (χ0v) is 12.9. The molecule has 0 atom stereocenters. The normalized spacial score (nSPS) is 19.4. The molecular formula is C15H18N2O2S. The second-order valence-electron chi connectivity index (χ2n) is 4.72. The Kier molecular flexibility index (Phi) is 4.49. The Balaban J connectivity index is 2.17. The monoisotopic (exact) mass is 290 g/mol. The maximum absolute atomic E-state index is 12.0. The number of carbonyl (C=O) groups is 1. The van der Waals surface area contributed by atoms with Crippen LogP contribution in [0.5, 0.6) is 5.75 Å². The average molecular weight is 290 g/mol. The summed E-state index contributed by atoms with van der Waals surface area (Å²) in [6.07, 6.45) is 2.03. The van der Waals surface area contributed by atoms with Gasteiger partial charge in [-0.2, -0.15) is 0 Å². The van der Waals surface area contributed by atoms with Crippen LogP contribution >= 0.6 is 11.8 Å². The van der Waals surface area contributed by atoms with Crippen molar-refractivity contribution in [1.29, 1.82) is 0 Å². The van der Waals surface area contributed by atoms with Crippen LogP contribution in [-0.2, 0) is 4.79 Å². The van der Waals surface area contributed by atoms with Crippen molar-refractivity contribution in [1.82, 2.24) is 4.90 Å². The van der Waals surface area contributed by atoms with Crippen LogP contribution in [-0.4, -0.2) is 36.2 Å². The van der Waals surface area contributed by atoms with E-state index >= 15 is 0 Å². The first-order chi connectivity index (χ1) is 9.51. The third-order valence-electron chi connectivity index (χ3n) is 2.74. The van der Waals surface area contributed by atoms with Gasteiger partial charge in [-0.25, -0.2) is 0 Å². The minimum Gasteiger partial charge on any atom is -0.491 e. The quantitative estimate of drug-likeness (QED) is 0.804. The number of likely N-dealkylation sites (N-methyl/N-ethyl adjacent to an activating group) is 1. The Bertz CT molecular complexity index is 562. The van der Waals surface area contributed by atoms with Crippen LogP contribution in [0.1, 0.15) is 19.4 Å². The summed E-state index contributed by atoms with van der Waals surface area (Å²) in [5.74, 6) is 0.818. The van der Waals surface area contributed by atoms with Crippen molar-refractivity contribution in [2.75, 3.05) is 14.1 Å². The van der Waals surface area contributed by atoms with Crippen molar-refractivity contribution in [3.63, 3.8) is 0 Å². The number of ether oxygens (including phenoxy) is 1. The molecule has 0 aliphatic carbocycles. The fraction of sp³-hybridized carbons (Fsp3) is 0.333. The fourth-order valence-corrected chi connectivity index (χ4v) is 2.74. The number of aliphatic imine (C=N–C) groups is 1. The summed E-state index contributed by atoms with van der Waals surface area (Å²) < 4.78 is 5.59. The lowest BCUT2D eigenvalue weighted by atomic mass is 10.2. The Labute approximate surface area is 123 Å². The number of thioether (sulfide) groups is 1. The zero-order valence-electron chi connectivity index (χ0n) is 12.1. The molecule has 0 bridgehead atoms. The molecule has 0 aromatic heterocycles. The van der Waals surface area contributed by atoms with Gasteiger partial charge in [0.1, 0.15) is 5.75 Å². The summed E-state index contributed by atoms with van der Waals surface area (Å²) >= 11 is 1.39. The summed E-state index contributed by atoms with van der Waals surface area (Å²) in [6, 6.07) is 7.71. The number of amides is 1. The molecule has 1 aromatic carbocycles. The van der Waals surface area contributed by atoms with Gasteiger partial charge in [-0.1, -0.05) is 12.1 Å². The van der Waals surface area contributed by atoms with Crippen molar-refractivity contribution < 1.29 is 9.53 Å². The SMILES string of the molecule is CN=C1SC(=Cc2ccc(OC(C)C)cc2)C(=O)N1C. The predicted molar refractivity (Wildman–Crippen MR) is 83.9 cm³/mol. The van der Waals surface area contributed by atoms with Crippen LogP contribution in [0.25, 0.3) is 6.08 Å². The first-order valence-electron chi connectivity index (χ1n) is 6.42. The Morgan fingerprint density at radius 3 is 2.45 bits per heavy atom. The van der Waals surface area contributed by atoms with Crippen LogP contribution in [0.2, 0.25) is 0 Å². The lowest BCUT2D eigenvalue weighted by Gasteiger charge is -2.09. The molecule has 0 radical (unpaired) electrons. The Hall–Kier alpha value is -1.75. The van der Waals surface area contributed by atoms with Crippen LogP contribution in [0.3, 0.4) is 0 Å². The highest BCUT2D eigenvalue weighted by molar-refractivity contribution is 8.18. The molecule has 2 rings (SSSR count). The molecule has 1 aliphatic heterocycles. The second-order valence-corrected chi connectivity index (χ2v) is 5.73. The molecule has 20 heavy (non-hydrogen) atoms. The van der Waals surface area contributed by atoms with Gasteiger partial charge in [-0.3, -0.25) is 14.7 Å². The highest BCUT2D eigenvalue weighted by atomic mass is 32.2. The first kappa shape index (κ1) is 14.7. The van der Waals surface area contributed by atoms with Crippen LogP contribution in [0.4, 0.5) is 0 Å². The summed E-state index contributed by atoms with van der Waals surface area (Å²) in [5, 5.41) is 0.723. The topological polar surface area (TPSA) is 41.9 Å². The number of hydrogen-bond donors (Lipinski definition) is 0. The second kappa shape index (κ2) is 6.13. The van der Waals surface area contributed by atoms with E-state index in [1.54, 1.807) is 19.0 Å². The number of benzene rings is 1. The van der Waals surface area contributed by atoms with E-state index in [1.165, 1.54) is 11.8 Å². The lowest BCUT2D eigenvalue weighted by molar-refractivity contribution is -0.121. The standard InChI is InChI=1S/C15H18N2O2S/c1-10(2)19-12-7-5-11(6-8-12)9-13-14(18)17(4)15(16-3)20-13/h5-10H,1-4H3. The molecule has 4 nitrogen and oxygen atoms in total. The van der Waals surface area contributed by atoms with Gasteiger partial charge in [-0.15, -0.1) is 0 Å². The smallest absolute Gasteiger partial charge is 0.266 e. The van der Waals surface area contributed by atoms with Gasteiger partial charge < -0.3 is 4.74 Å². The molecule has 0 N–H and O–H groups in total. The van der Waals surface area contributed by atoms with Crippen LogP contribution < -0.4 is 4.74 Å². The largest absolute Gasteiger partial charge is 0.491 e. The maximum Gasteiger partial charge on any atom is 0.266 e. The first-order valence-corrected chi connectivity index (χ1v) is 7.24. The molecule has 0 saturated carbocycles. The minimum atomic E-state index is -0.0156. The summed E-state index contributed by atoms with van der Waals surface area (Å²) in [4.78, 5) is 18.4. The van der Waals surface area contributed by atoms with Gasteiger partial charge in [0.2, 0.25) is 0 Å². The predicted octanol–water partition coefficient (Wildman–Crippen LogP) is 3.01. The summed E-state index contributed by atoms with van der Waals surface area (Å²) in [7, 11) is 3.42. The molecule has 1 fully saturated rings. The van der Waals surface area contributed by atoms with Crippen molar-refractivity contribution in [3.8, 4) is 5.75 Å². The van der Waals surface area contributed by atoms with Crippen LogP contribution in [0.15, 0.2) is 34.2 Å². The van der Waals surface area contributed by atoms with E-state index in [0.717, 1.165) is 16.5 Å². The van der Waals surface area contributed by atoms with E-state index in [-0.39, 0.29) is 12.0 Å². The van der Waals surface area contributed by atoms with Crippen molar-refractivity contribution >= 4 is 28.9 Å². The van der Waals surface area contributed by atoms with E-state index in [9.17, 15) is 4.79 Å². The van der Waals surface area contributed by atoms with Crippen molar-refractivity contribution in [2.45, 2.75) is 20.0 Å². The number of carbonyl (C=O) groups excluding carboxylic acids is 1. The molecule has 1 saturated heterocycles. The van der Waals surface area contributed by atoms with Gasteiger partial charge in [0.05, 0.1) is 11.0 Å². The molecule has 106 valence electrons. The Morgan fingerprint density at radius 2 is 1.95 bits per heavy atom.